The van der Waals surface area contributed by atoms with E-state index in [2.05, 4.69) is 32.9 Å². The number of fused-ring (bicyclic) bond motifs is 2. The molecule has 3 fully saturated rings. The van der Waals surface area contributed by atoms with Crippen molar-refractivity contribution in [1.29, 1.82) is 0 Å². The summed E-state index contributed by atoms with van der Waals surface area (Å²) in [6, 6.07) is 0. The summed E-state index contributed by atoms with van der Waals surface area (Å²) < 4.78 is 6.16. The van der Waals surface area contributed by atoms with Crippen molar-refractivity contribution < 1.29 is 14.5 Å². The van der Waals surface area contributed by atoms with Gasteiger partial charge in [0, 0.05) is 11.8 Å². The van der Waals surface area contributed by atoms with E-state index in [1.807, 2.05) is 6.92 Å². The van der Waals surface area contributed by atoms with Crippen molar-refractivity contribution in [2.24, 2.45) is 5.41 Å². The molecule has 3 heteroatoms. The summed E-state index contributed by atoms with van der Waals surface area (Å²) in [7, 11) is 0. The lowest BCUT2D eigenvalue weighted by Crippen LogP contribution is -2.73. The van der Waals surface area contributed by atoms with Crippen molar-refractivity contribution in [3.8, 4) is 0 Å². The van der Waals surface area contributed by atoms with E-state index in [0.717, 1.165) is 19.3 Å². The van der Waals surface area contributed by atoms with Gasteiger partial charge in [0.15, 0.2) is 5.79 Å². The zero-order valence-corrected chi connectivity index (χ0v) is 10.5. The molecule has 1 spiro atoms. The Bertz CT molecular complexity index is 350. The van der Waals surface area contributed by atoms with Gasteiger partial charge in [-0.05, 0) is 26.7 Å². The van der Waals surface area contributed by atoms with Crippen molar-refractivity contribution in [3.63, 3.8) is 0 Å². The maximum Gasteiger partial charge on any atom is 0.199 e. The van der Waals surface area contributed by atoms with Crippen LogP contribution in [0.5, 0.6) is 0 Å². The number of rotatable bonds is 0. The molecule has 0 radical (unpaired) electrons. The number of allylic oxidation sites excluding steroid dienone is 1. The van der Waals surface area contributed by atoms with Gasteiger partial charge in [-0.25, -0.2) is 9.78 Å². The third-order valence-corrected chi connectivity index (χ3v) is 4.68. The highest BCUT2D eigenvalue weighted by atomic mass is 17.3. The molecule has 4 rings (SSSR count). The van der Waals surface area contributed by atoms with E-state index < -0.39 is 5.79 Å². The summed E-state index contributed by atoms with van der Waals surface area (Å²) in [5, 5.41) is 0. The molecule has 0 N–H and O–H groups in total. The Kier molecular flexibility index (Phi) is 1.82. The Morgan fingerprint density at radius 3 is 2.38 bits per heavy atom. The van der Waals surface area contributed by atoms with Crippen molar-refractivity contribution in [1.82, 2.24) is 0 Å². The summed E-state index contributed by atoms with van der Waals surface area (Å²) in [4.78, 5) is 11.3. The molecular weight excluding hydrogens is 204 g/mol. The van der Waals surface area contributed by atoms with Gasteiger partial charge in [0.05, 0.1) is 0 Å². The van der Waals surface area contributed by atoms with E-state index in [-0.39, 0.29) is 16.6 Å². The van der Waals surface area contributed by atoms with Gasteiger partial charge in [-0.3, -0.25) is 0 Å². The van der Waals surface area contributed by atoms with Crippen molar-refractivity contribution in [2.45, 2.75) is 63.9 Å². The maximum atomic E-state index is 6.16. The largest absolute Gasteiger partial charge is 0.334 e. The fourth-order valence-corrected chi connectivity index (χ4v) is 3.61. The molecule has 90 valence electrons. The second kappa shape index (κ2) is 2.71. The fraction of sp³-hybridized carbons (Fsp3) is 0.846. The third-order valence-electron chi connectivity index (χ3n) is 4.68. The van der Waals surface area contributed by atoms with E-state index in [4.69, 9.17) is 14.5 Å². The predicted octanol–water partition coefficient (Wildman–Crippen LogP) is 2.96. The minimum atomic E-state index is -0.575. The lowest BCUT2D eigenvalue weighted by atomic mass is 9.57. The summed E-state index contributed by atoms with van der Waals surface area (Å²) in [6.45, 7) is 8.53. The molecule has 0 saturated carbocycles. The van der Waals surface area contributed by atoms with Gasteiger partial charge in [-0.15, -0.1) is 0 Å². The van der Waals surface area contributed by atoms with E-state index in [0.29, 0.717) is 0 Å². The van der Waals surface area contributed by atoms with Crippen LogP contribution in [-0.2, 0) is 14.5 Å². The first-order valence-corrected chi connectivity index (χ1v) is 6.07. The summed E-state index contributed by atoms with van der Waals surface area (Å²) in [5.74, 6) is -0.575. The van der Waals surface area contributed by atoms with Crippen molar-refractivity contribution in [3.05, 3.63) is 12.2 Å². The minimum absolute atomic E-state index is 0.0399. The van der Waals surface area contributed by atoms with Gasteiger partial charge in [0.2, 0.25) is 0 Å². The lowest BCUT2D eigenvalue weighted by Gasteiger charge is -2.65. The molecular formula is C13H20O3. The van der Waals surface area contributed by atoms with E-state index in [1.165, 1.54) is 0 Å². The summed E-state index contributed by atoms with van der Waals surface area (Å²) >= 11 is 0. The van der Waals surface area contributed by atoms with Crippen molar-refractivity contribution >= 4 is 0 Å². The Hall–Kier alpha value is -0.380. The van der Waals surface area contributed by atoms with E-state index >= 15 is 0 Å². The van der Waals surface area contributed by atoms with Crippen LogP contribution < -0.4 is 0 Å². The fourth-order valence-electron chi connectivity index (χ4n) is 3.61. The van der Waals surface area contributed by atoms with Crippen LogP contribution in [0.1, 0.15) is 47.0 Å². The number of hydrogen-bond donors (Lipinski definition) is 0. The van der Waals surface area contributed by atoms with Crippen LogP contribution in [0.4, 0.5) is 0 Å². The zero-order valence-electron chi connectivity index (χ0n) is 10.5. The molecule has 3 heterocycles. The Balaban J connectivity index is 2.13. The van der Waals surface area contributed by atoms with Crippen LogP contribution in [0.15, 0.2) is 12.2 Å². The molecule has 3 saturated heterocycles. The Labute approximate surface area is 96.7 Å². The van der Waals surface area contributed by atoms with Crippen LogP contribution in [0.25, 0.3) is 0 Å². The van der Waals surface area contributed by atoms with Gasteiger partial charge in [0.25, 0.3) is 0 Å². The molecule has 0 aromatic heterocycles. The van der Waals surface area contributed by atoms with Crippen LogP contribution in [0.3, 0.4) is 0 Å². The highest BCUT2D eigenvalue weighted by molar-refractivity contribution is 5.25. The monoisotopic (exact) mass is 224 g/mol. The molecule has 0 unspecified atom stereocenters. The second-order valence-electron chi connectivity index (χ2n) is 6.33. The van der Waals surface area contributed by atoms with Gasteiger partial charge < -0.3 is 4.74 Å². The van der Waals surface area contributed by atoms with Crippen molar-refractivity contribution in [2.75, 3.05) is 0 Å². The van der Waals surface area contributed by atoms with Crippen LogP contribution in [-0.4, -0.2) is 17.0 Å². The summed E-state index contributed by atoms with van der Waals surface area (Å²) in [5.41, 5.74) is -0.662. The second-order valence-corrected chi connectivity index (χ2v) is 6.33. The van der Waals surface area contributed by atoms with Gasteiger partial charge in [-0.1, -0.05) is 26.0 Å². The Morgan fingerprint density at radius 1 is 1.00 bits per heavy atom. The molecule has 2 bridgehead atoms. The number of hydrogen-bond acceptors (Lipinski definition) is 3. The van der Waals surface area contributed by atoms with E-state index in [1.54, 1.807) is 0 Å². The highest BCUT2D eigenvalue weighted by Gasteiger charge is 2.69. The smallest absolute Gasteiger partial charge is 0.199 e. The molecule has 4 aliphatic rings. The van der Waals surface area contributed by atoms with Gasteiger partial charge >= 0.3 is 0 Å². The Morgan fingerprint density at radius 2 is 1.75 bits per heavy atom. The highest BCUT2D eigenvalue weighted by Crippen LogP contribution is 2.60. The molecule has 0 amide bonds. The molecule has 3 atom stereocenters. The first-order chi connectivity index (χ1) is 7.33. The molecule has 1 aliphatic carbocycles. The maximum absolute atomic E-state index is 6.16. The molecule has 0 aromatic rings. The summed E-state index contributed by atoms with van der Waals surface area (Å²) in [6.07, 6.45) is 7.26. The lowest BCUT2D eigenvalue weighted by molar-refractivity contribution is -0.577. The SMILES string of the molecule is CC1(C)CC=C[C@]2(C)O[C@@]3(C)CC[C@@]12OO3. The average Bonchev–Trinajstić information content (AvgIpc) is 2.15. The first-order valence-electron chi connectivity index (χ1n) is 6.07. The standard InChI is InChI=1S/C13H20O3/c1-10(2)6-5-7-11(3)13(10)9-8-12(4,14-11)15-16-13/h5,7H,6,8-9H2,1-4H3/t11-,12+,13+/m0/s1. The predicted molar refractivity (Wildman–Crippen MR) is 59.6 cm³/mol. The van der Waals surface area contributed by atoms with Crippen LogP contribution in [0, 0.1) is 5.41 Å². The molecule has 3 nitrogen and oxygen atoms in total. The van der Waals surface area contributed by atoms with Gasteiger partial charge in [-0.2, -0.15) is 0 Å². The third kappa shape index (κ3) is 1.04. The minimum Gasteiger partial charge on any atom is -0.334 e. The quantitative estimate of drug-likeness (QED) is 0.467. The number of ether oxygens (including phenoxy) is 1. The molecule has 16 heavy (non-hydrogen) atoms. The van der Waals surface area contributed by atoms with Gasteiger partial charge in [0.1, 0.15) is 11.2 Å². The normalized spacial score (nSPS) is 53.8. The molecule has 3 aliphatic heterocycles. The van der Waals surface area contributed by atoms with Crippen LogP contribution in [0.2, 0.25) is 0 Å². The van der Waals surface area contributed by atoms with E-state index in [9.17, 15) is 0 Å². The topological polar surface area (TPSA) is 27.7 Å². The van der Waals surface area contributed by atoms with Crippen LogP contribution >= 0.6 is 0 Å². The zero-order chi connectivity index (χ0) is 11.7. The first kappa shape index (κ1) is 10.8. The molecule has 0 aromatic carbocycles. The average molecular weight is 224 g/mol.